The van der Waals surface area contributed by atoms with Crippen molar-refractivity contribution >= 4 is 0 Å². The molecule has 0 fully saturated rings. The van der Waals surface area contributed by atoms with E-state index in [4.69, 9.17) is 0 Å². The van der Waals surface area contributed by atoms with E-state index in [2.05, 4.69) is 4.74 Å². The van der Waals surface area contributed by atoms with Gasteiger partial charge < -0.3 is 19.6 Å². The second kappa shape index (κ2) is 61.0. The molecule has 0 aromatic heterocycles. The van der Waals surface area contributed by atoms with Gasteiger partial charge in [-0.2, -0.15) is 0 Å². The van der Waals surface area contributed by atoms with Crippen LogP contribution in [0.1, 0.15) is 7.43 Å². The average Bonchev–Trinajstić information content (AvgIpc) is 0.918. The van der Waals surface area contributed by atoms with Gasteiger partial charge in [-0.1, -0.05) is 7.43 Å². The summed E-state index contributed by atoms with van der Waals surface area (Å²) in [6.45, 7) is 0. The zero-order chi connectivity index (χ0) is 2.71. The van der Waals surface area contributed by atoms with Crippen LogP contribution in [0.4, 0.5) is 0 Å². The van der Waals surface area contributed by atoms with Crippen LogP contribution in [0.15, 0.2) is 0 Å². The third-order valence-corrected chi connectivity index (χ3v) is 0. The van der Waals surface area contributed by atoms with Gasteiger partial charge in [-0.05, 0) is 0 Å². The maximum atomic E-state index is 4.25. The van der Waals surface area contributed by atoms with Gasteiger partial charge in [0.05, 0.1) is 0 Å². The van der Waals surface area contributed by atoms with E-state index < -0.39 is 0 Å². The van der Waals surface area contributed by atoms with Crippen molar-refractivity contribution in [3.05, 3.63) is 14.9 Å². The molecule has 0 bridgehead atoms. The van der Waals surface area contributed by atoms with Crippen molar-refractivity contribution < 1.29 is 37.4 Å². The number of ether oxygens (including phenoxy) is 1. The molecule has 1 nitrogen and oxygen atoms in total. The van der Waals surface area contributed by atoms with Gasteiger partial charge in [0.15, 0.2) is 0 Å². The van der Waals surface area contributed by atoms with Crippen molar-refractivity contribution in [1.29, 1.82) is 0 Å². The van der Waals surface area contributed by atoms with E-state index in [1.165, 1.54) is 0 Å². The van der Waals surface area contributed by atoms with Crippen molar-refractivity contribution in [2.45, 2.75) is 7.43 Å². The molecule has 0 N–H and O–H groups in total. The molecule has 0 aromatic carbocycles. The molecule has 2 heteroatoms. The molecule has 0 aliphatic rings. The third-order valence-electron chi connectivity index (χ3n) is 0. The first kappa shape index (κ1) is 42.9. The minimum absolute atomic E-state index is 0. The predicted octanol–water partition coefficient (Wildman–Crippen LogP) is 1.80. The van der Waals surface area contributed by atoms with E-state index in [9.17, 15) is 0 Å². The topological polar surface area (TPSA) is 9.23 Å². The van der Waals surface area contributed by atoms with Crippen molar-refractivity contribution in [3.8, 4) is 0 Å². The molecule has 0 aliphatic heterocycles. The molecule has 0 aromatic rings. The van der Waals surface area contributed by atoms with Gasteiger partial charge in [0.25, 0.3) is 0 Å². The maximum absolute atomic E-state index is 4.25. The van der Waals surface area contributed by atoms with Gasteiger partial charge in [0.2, 0.25) is 0 Å². The summed E-state index contributed by atoms with van der Waals surface area (Å²) in [5, 5.41) is 0. The van der Waals surface area contributed by atoms with Gasteiger partial charge in [0.1, 0.15) is 0 Å². The van der Waals surface area contributed by atoms with Crippen LogP contribution >= 0.6 is 0 Å². The molecule has 0 amide bonds. The first-order valence-electron chi connectivity index (χ1n) is 0.816. The molecule has 0 atom stereocenters. The van der Waals surface area contributed by atoms with E-state index in [-0.39, 0.29) is 55.0 Å². The Balaban J connectivity index is -0.00000000333. The van der Waals surface area contributed by atoms with Gasteiger partial charge in [-0.25, -0.2) is 0 Å². The quantitative estimate of drug-likeness (QED) is 0.517. The fraction of sp³-hybridized carbons (Fsp3) is 0.600. The summed E-state index contributed by atoms with van der Waals surface area (Å²) < 4.78 is 4.25. The van der Waals surface area contributed by atoms with E-state index in [0.717, 1.165) is 0 Å². The van der Waals surface area contributed by atoms with Gasteiger partial charge in [0, 0.05) is 46.9 Å². The van der Waals surface area contributed by atoms with E-state index in [1.54, 1.807) is 14.2 Å². The molecule has 0 unspecified atom stereocenters. The summed E-state index contributed by atoms with van der Waals surface area (Å²) >= 11 is 0. The number of rotatable bonds is 0. The van der Waals surface area contributed by atoms with Crippen LogP contribution in [0, 0.1) is 14.9 Å². The Morgan fingerprint density at radius 3 is 1.00 bits per heavy atom. The summed E-state index contributed by atoms with van der Waals surface area (Å²) in [6, 6.07) is 0. The fourth-order valence-corrected chi connectivity index (χ4v) is 0. The van der Waals surface area contributed by atoms with E-state index >= 15 is 0 Å². The first-order valence-corrected chi connectivity index (χ1v) is 0.816. The molecule has 0 aliphatic carbocycles. The Hall–Kier alpha value is 1.06. The molecule has 0 spiro atoms. The number of hydrogen-bond acceptors (Lipinski definition) is 1. The molecule has 47 valence electrons. The van der Waals surface area contributed by atoms with Gasteiger partial charge in [-0.3, -0.25) is 0 Å². The van der Waals surface area contributed by atoms with Crippen LogP contribution in [0.3, 0.4) is 0 Å². The minimum atomic E-state index is 0. The van der Waals surface area contributed by atoms with Crippen LogP contribution in [0.2, 0.25) is 0 Å². The summed E-state index contributed by atoms with van der Waals surface area (Å²) in [6.07, 6.45) is 0. The summed E-state index contributed by atoms with van der Waals surface area (Å²) in [5.74, 6) is 0. The monoisotopic (exact) mass is 181 g/mol. The Kier molecular flexibility index (Phi) is 373. The van der Waals surface area contributed by atoms with Gasteiger partial charge >= 0.3 is 0 Å². The van der Waals surface area contributed by atoms with E-state index in [0.29, 0.717) is 0 Å². The largest absolute Gasteiger partial charge is 0.388 e. The molecule has 7 heavy (non-hydrogen) atoms. The normalized spacial score (nSPS) is 2.57. The smallest absolute Gasteiger partial charge is 0.0351 e. The Labute approximate surface area is 73.7 Å². The molecule has 1 radical (unpaired) electrons. The number of hydrogen-bond donors (Lipinski definition) is 0. The Morgan fingerprint density at radius 2 is 1.00 bits per heavy atom. The number of methoxy groups -OCH3 is 1. The molecule has 0 heterocycles. The Morgan fingerprint density at radius 1 is 1.00 bits per heavy atom. The molecule has 0 saturated heterocycles. The summed E-state index contributed by atoms with van der Waals surface area (Å²) in [5.41, 5.74) is 0. The fourth-order valence-electron chi connectivity index (χ4n) is 0. The predicted molar refractivity (Wildman–Crippen MR) is 32.5 cm³/mol. The second-order valence-electron chi connectivity index (χ2n) is 0.408. The molecular formula is C5H16OY-2. The summed E-state index contributed by atoms with van der Waals surface area (Å²) in [7, 11) is 3.25. The van der Waals surface area contributed by atoms with E-state index in [1.807, 2.05) is 0 Å². The van der Waals surface area contributed by atoms with Crippen molar-refractivity contribution in [2.75, 3.05) is 14.2 Å². The molecule has 0 saturated carbocycles. The zero-order valence-electron chi connectivity index (χ0n) is 4.99. The Bertz CT molecular complexity index is 8.04. The van der Waals surface area contributed by atoms with Crippen LogP contribution in [0.5, 0.6) is 0 Å². The SMILES string of the molecule is C.COC.[CH3-].[CH3-].[Y]. The van der Waals surface area contributed by atoms with Crippen LogP contribution in [-0.2, 0) is 37.4 Å². The van der Waals surface area contributed by atoms with Crippen molar-refractivity contribution in [1.82, 2.24) is 0 Å². The van der Waals surface area contributed by atoms with Crippen molar-refractivity contribution in [2.24, 2.45) is 0 Å². The summed E-state index contributed by atoms with van der Waals surface area (Å²) in [4.78, 5) is 0. The molecular weight excluding hydrogens is 165 g/mol. The van der Waals surface area contributed by atoms with Crippen LogP contribution < -0.4 is 0 Å². The second-order valence-corrected chi connectivity index (χ2v) is 0.408. The maximum Gasteiger partial charge on any atom is 0.0351 e. The van der Waals surface area contributed by atoms with Gasteiger partial charge in [-0.15, -0.1) is 0 Å². The third kappa shape index (κ3) is 160. The average molecular weight is 181 g/mol. The van der Waals surface area contributed by atoms with Crippen LogP contribution in [-0.4, -0.2) is 14.2 Å². The van der Waals surface area contributed by atoms with Crippen molar-refractivity contribution in [3.63, 3.8) is 0 Å². The molecule has 0 rings (SSSR count). The zero-order valence-corrected chi connectivity index (χ0v) is 7.82. The minimum Gasteiger partial charge on any atom is -0.388 e. The standard InChI is InChI=1S/C2H6O.CH4.2CH3.Y/c1-3-2;;;;/h1-2H3;1H4;2*1H3;/q;;2*-1;. The first-order chi connectivity index (χ1) is 1.41. The van der Waals surface area contributed by atoms with Crippen LogP contribution in [0.25, 0.3) is 0 Å².